The maximum absolute atomic E-state index is 14.0. The molecule has 0 unspecified atom stereocenters. The molecule has 0 saturated heterocycles. The standard InChI is InChI=1S/C22H11Cl2F9O3S/c23-17-10-4-9-16(18(17)24)15-8-2-1-7-14(15)12-5-3-6-13(11-12)36-37(34,35)22(32,33)20(27,28)19(25,26)21(29,30)31/h1-11H. The molecule has 0 bridgehead atoms. The number of hydrogen-bond donors (Lipinski definition) is 0. The molecule has 0 aromatic heterocycles. The van der Waals surface area contributed by atoms with Gasteiger partial charge < -0.3 is 4.18 Å². The third-order valence-electron chi connectivity index (χ3n) is 4.95. The summed E-state index contributed by atoms with van der Waals surface area (Å²) in [6, 6.07) is 14.6. The Morgan fingerprint density at radius 1 is 0.649 bits per heavy atom. The van der Waals surface area contributed by atoms with Crippen LogP contribution in [0.25, 0.3) is 22.3 Å². The molecule has 0 heterocycles. The van der Waals surface area contributed by atoms with Crippen LogP contribution in [-0.2, 0) is 10.1 Å². The van der Waals surface area contributed by atoms with Crippen LogP contribution >= 0.6 is 23.2 Å². The van der Waals surface area contributed by atoms with Crippen LogP contribution < -0.4 is 4.18 Å². The molecule has 0 aliphatic carbocycles. The van der Waals surface area contributed by atoms with Gasteiger partial charge in [0.15, 0.2) is 0 Å². The lowest BCUT2D eigenvalue weighted by atomic mass is 9.94. The van der Waals surface area contributed by atoms with E-state index in [2.05, 4.69) is 4.18 Å². The van der Waals surface area contributed by atoms with Crippen molar-refractivity contribution < 1.29 is 52.1 Å². The predicted octanol–water partition coefficient (Wildman–Crippen LogP) is 8.46. The Balaban J connectivity index is 2.04. The van der Waals surface area contributed by atoms with Crippen LogP contribution in [0.5, 0.6) is 5.75 Å². The Kier molecular flexibility index (Phi) is 7.50. The molecule has 0 amide bonds. The van der Waals surface area contributed by atoms with Crippen LogP contribution in [0.4, 0.5) is 39.5 Å². The van der Waals surface area contributed by atoms with E-state index in [0.29, 0.717) is 17.2 Å². The first-order chi connectivity index (χ1) is 16.8. The maximum Gasteiger partial charge on any atom is 0.460 e. The van der Waals surface area contributed by atoms with Crippen molar-refractivity contribution in [1.82, 2.24) is 0 Å². The first-order valence-electron chi connectivity index (χ1n) is 9.63. The van der Waals surface area contributed by atoms with Gasteiger partial charge in [-0.25, -0.2) is 0 Å². The molecule has 0 radical (unpaired) electrons. The second kappa shape index (κ2) is 9.59. The topological polar surface area (TPSA) is 43.4 Å². The van der Waals surface area contributed by atoms with E-state index in [9.17, 15) is 47.9 Å². The molecule has 3 aromatic carbocycles. The van der Waals surface area contributed by atoms with E-state index in [1.807, 2.05) is 0 Å². The number of hydrogen-bond acceptors (Lipinski definition) is 3. The zero-order chi connectivity index (χ0) is 28.0. The van der Waals surface area contributed by atoms with Gasteiger partial charge in [-0.3, -0.25) is 0 Å². The van der Waals surface area contributed by atoms with Gasteiger partial charge in [0.2, 0.25) is 0 Å². The minimum Gasteiger partial charge on any atom is -0.378 e. The molecule has 0 spiro atoms. The summed E-state index contributed by atoms with van der Waals surface area (Å²) in [4.78, 5) is 0. The molecule has 3 nitrogen and oxygen atoms in total. The molecule has 3 aromatic rings. The molecular weight excluding hydrogens is 586 g/mol. The Morgan fingerprint density at radius 2 is 1.19 bits per heavy atom. The largest absolute Gasteiger partial charge is 0.460 e. The molecule has 15 heteroatoms. The van der Waals surface area contributed by atoms with Crippen molar-refractivity contribution in [2.24, 2.45) is 0 Å². The molecule has 0 fully saturated rings. The lowest BCUT2D eigenvalue weighted by molar-refractivity contribution is -0.382. The number of benzene rings is 3. The van der Waals surface area contributed by atoms with Crippen molar-refractivity contribution in [3.63, 3.8) is 0 Å². The fraction of sp³-hybridized carbons (Fsp3) is 0.182. The van der Waals surface area contributed by atoms with Gasteiger partial charge in [-0.2, -0.15) is 47.9 Å². The van der Waals surface area contributed by atoms with Crippen molar-refractivity contribution in [3.8, 4) is 28.0 Å². The van der Waals surface area contributed by atoms with Gasteiger partial charge in [0.05, 0.1) is 10.0 Å². The lowest BCUT2D eigenvalue weighted by Crippen LogP contribution is -2.63. The van der Waals surface area contributed by atoms with Gasteiger partial charge in [-0.15, -0.1) is 0 Å². The average molecular weight is 597 g/mol. The van der Waals surface area contributed by atoms with E-state index in [1.165, 1.54) is 24.3 Å². The van der Waals surface area contributed by atoms with Crippen molar-refractivity contribution >= 4 is 33.3 Å². The zero-order valence-electron chi connectivity index (χ0n) is 17.6. The third kappa shape index (κ3) is 4.96. The Bertz CT molecular complexity index is 1420. The fourth-order valence-electron chi connectivity index (χ4n) is 3.09. The predicted molar refractivity (Wildman–Crippen MR) is 118 cm³/mol. The van der Waals surface area contributed by atoms with E-state index < -0.39 is 39.1 Å². The van der Waals surface area contributed by atoms with Crippen LogP contribution in [0.2, 0.25) is 10.0 Å². The highest BCUT2D eigenvalue weighted by molar-refractivity contribution is 7.88. The minimum atomic E-state index is -7.41. The SMILES string of the molecule is O=S(=O)(Oc1cccc(-c2ccccc2-c2cccc(Cl)c2Cl)c1)C(F)(F)C(F)(F)C(F)(F)C(F)(F)F. The molecular formula is C22H11Cl2F9O3S. The van der Waals surface area contributed by atoms with Gasteiger partial charge >= 0.3 is 33.4 Å². The highest BCUT2D eigenvalue weighted by atomic mass is 35.5. The molecule has 0 atom stereocenters. The highest BCUT2D eigenvalue weighted by Gasteiger charge is 2.86. The highest BCUT2D eigenvalue weighted by Crippen LogP contribution is 2.55. The molecule has 0 aliphatic heterocycles. The summed E-state index contributed by atoms with van der Waals surface area (Å²) in [5.74, 6) is -15.9. The van der Waals surface area contributed by atoms with E-state index in [1.54, 1.807) is 24.3 Å². The Morgan fingerprint density at radius 3 is 1.78 bits per heavy atom. The van der Waals surface area contributed by atoms with Gasteiger partial charge in [0, 0.05) is 5.56 Å². The van der Waals surface area contributed by atoms with Crippen molar-refractivity contribution in [2.75, 3.05) is 0 Å². The summed E-state index contributed by atoms with van der Waals surface area (Å²) >= 11 is 12.3. The normalized spacial score (nSPS) is 13.5. The van der Waals surface area contributed by atoms with Gasteiger partial charge in [-0.1, -0.05) is 71.7 Å². The van der Waals surface area contributed by atoms with E-state index >= 15 is 0 Å². The Labute approximate surface area is 213 Å². The summed E-state index contributed by atoms with van der Waals surface area (Å²) in [5.41, 5.74) is 1.13. The summed E-state index contributed by atoms with van der Waals surface area (Å²) < 4.78 is 146. The molecule has 0 N–H and O–H groups in total. The summed E-state index contributed by atoms with van der Waals surface area (Å²) in [6.45, 7) is 0. The van der Waals surface area contributed by atoms with E-state index in [4.69, 9.17) is 23.2 Å². The van der Waals surface area contributed by atoms with Gasteiger partial charge in [0.25, 0.3) is 0 Å². The number of halogens is 11. The minimum absolute atomic E-state index is 0.0510. The number of alkyl halides is 9. The second-order valence-corrected chi connectivity index (χ2v) is 9.75. The van der Waals surface area contributed by atoms with Gasteiger partial charge in [0.1, 0.15) is 5.75 Å². The summed E-state index contributed by atoms with van der Waals surface area (Å²) in [6.07, 6.45) is -7.19. The number of rotatable bonds is 7. The van der Waals surface area contributed by atoms with Crippen LogP contribution in [-0.4, -0.2) is 31.7 Å². The molecule has 0 saturated carbocycles. The van der Waals surface area contributed by atoms with Crippen molar-refractivity contribution in [1.29, 1.82) is 0 Å². The maximum atomic E-state index is 14.0. The molecule has 200 valence electrons. The van der Waals surface area contributed by atoms with E-state index in [0.717, 1.165) is 12.1 Å². The van der Waals surface area contributed by atoms with Crippen LogP contribution in [0.1, 0.15) is 0 Å². The molecule has 3 rings (SSSR count). The van der Waals surface area contributed by atoms with Crippen LogP contribution in [0.15, 0.2) is 66.7 Å². The smallest absolute Gasteiger partial charge is 0.378 e. The lowest BCUT2D eigenvalue weighted by Gasteiger charge is -2.32. The average Bonchev–Trinajstić information content (AvgIpc) is 2.79. The van der Waals surface area contributed by atoms with Gasteiger partial charge in [-0.05, 0) is 34.9 Å². The van der Waals surface area contributed by atoms with E-state index in [-0.39, 0.29) is 21.2 Å². The monoisotopic (exact) mass is 596 g/mol. The first kappa shape index (κ1) is 28.9. The fourth-order valence-corrected chi connectivity index (χ4v) is 4.40. The summed E-state index contributed by atoms with van der Waals surface area (Å²) in [5, 5.41) is -6.68. The van der Waals surface area contributed by atoms with Crippen molar-refractivity contribution in [3.05, 3.63) is 76.8 Å². The first-order valence-corrected chi connectivity index (χ1v) is 11.8. The quantitative estimate of drug-likeness (QED) is 0.203. The second-order valence-electron chi connectivity index (χ2n) is 7.38. The van der Waals surface area contributed by atoms with Crippen molar-refractivity contribution in [2.45, 2.75) is 23.3 Å². The zero-order valence-corrected chi connectivity index (χ0v) is 20.0. The molecule has 0 aliphatic rings. The third-order valence-corrected chi connectivity index (χ3v) is 7.06. The molecule has 37 heavy (non-hydrogen) atoms. The van der Waals surface area contributed by atoms with Crippen LogP contribution in [0.3, 0.4) is 0 Å². The summed E-state index contributed by atoms with van der Waals surface area (Å²) in [7, 11) is -7.09. The van der Waals surface area contributed by atoms with Crippen LogP contribution in [0, 0.1) is 0 Å². The Hall–Kier alpha value is -2.64.